The predicted octanol–water partition coefficient (Wildman–Crippen LogP) is 0.916. The van der Waals surface area contributed by atoms with Crippen LogP contribution in [-0.2, 0) is 4.74 Å². The number of aromatic nitrogens is 1. The number of ether oxygens (including phenoxy) is 1. The van der Waals surface area contributed by atoms with Crippen LogP contribution >= 0.6 is 0 Å². The smallest absolute Gasteiger partial charge is 0.449 e. The molecule has 0 unspecified atom stereocenters. The number of hydrogen-bond acceptors (Lipinski definition) is 4. The zero-order valence-electron chi connectivity index (χ0n) is 5.93. The van der Waals surface area contributed by atoms with Gasteiger partial charge in [-0.2, -0.15) is 0 Å². The van der Waals surface area contributed by atoms with Gasteiger partial charge in [0.25, 0.3) is 0 Å². The maximum Gasteiger partial charge on any atom is 0.513 e. The second-order valence-electron chi connectivity index (χ2n) is 1.90. The lowest BCUT2D eigenvalue weighted by molar-refractivity contribution is 0.0509. The van der Waals surface area contributed by atoms with Gasteiger partial charge in [0.1, 0.15) is 0 Å². The molecule has 0 aliphatic carbocycles. The van der Waals surface area contributed by atoms with Crippen molar-refractivity contribution in [3.8, 4) is 0 Å². The van der Waals surface area contributed by atoms with Gasteiger partial charge in [-0.1, -0.05) is 0 Å². The molecule has 0 aliphatic rings. The molecule has 1 N–H and O–H groups in total. The number of carbonyl (C=O) groups is 2. The number of hydrogen-bond donors (Lipinski definition) is 1. The Morgan fingerprint density at radius 3 is 2.75 bits per heavy atom. The van der Waals surface area contributed by atoms with Gasteiger partial charge in [0.2, 0.25) is 0 Å². The molecule has 0 aromatic carbocycles. The molecule has 12 heavy (non-hydrogen) atoms. The van der Waals surface area contributed by atoms with Crippen molar-refractivity contribution in [3.63, 3.8) is 0 Å². The van der Waals surface area contributed by atoms with E-state index in [-0.39, 0.29) is 5.56 Å². The summed E-state index contributed by atoms with van der Waals surface area (Å²) in [5.74, 6) is -0.921. The van der Waals surface area contributed by atoms with Gasteiger partial charge in [-0.05, 0) is 12.1 Å². The predicted molar refractivity (Wildman–Crippen MR) is 37.7 cm³/mol. The third-order valence-corrected chi connectivity index (χ3v) is 1.08. The third kappa shape index (κ3) is 2.05. The molecule has 1 aromatic heterocycles. The van der Waals surface area contributed by atoms with Crippen molar-refractivity contribution in [2.45, 2.75) is 0 Å². The van der Waals surface area contributed by atoms with Crippen LogP contribution in [-0.4, -0.2) is 22.2 Å². The van der Waals surface area contributed by atoms with Crippen molar-refractivity contribution in [2.24, 2.45) is 0 Å². The Balaban J connectivity index is 2.73. The van der Waals surface area contributed by atoms with E-state index in [1.54, 1.807) is 0 Å². The first-order valence-electron chi connectivity index (χ1n) is 3.05. The molecule has 0 fully saturated rings. The first-order valence-corrected chi connectivity index (χ1v) is 3.05. The van der Waals surface area contributed by atoms with Crippen molar-refractivity contribution in [2.75, 3.05) is 0 Å². The number of carbonyl (C=O) groups excluding carboxylic acids is 1. The fourth-order valence-corrected chi connectivity index (χ4v) is 0.622. The molecular formula is C7H5NO4. The Morgan fingerprint density at radius 2 is 2.25 bits per heavy atom. The van der Waals surface area contributed by atoms with Crippen molar-refractivity contribution in [1.82, 2.24) is 4.98 Å². The van der Waals surface area contributed by atoms with Gasteiger partial charge in [0.05, 0.1) is 5.56 Å². The lowest BCUT2D eigenvalue weighted by atomic mass is 10.3. The first-order chi connectivity index (χ1) is 5.70. The second kappa shape index (κ2) is 3.47. The van der Waals surface area contributed by atoms with E-state index in [4.69, 9.17) is 5.11 Å². The first kappa shape index (κ1) is 8.19. The Kier molecular flexibility index (Phi) is 2.37. The van der Waals surface area contributed by atoms with Gasteiger partial charge >= 0.3 is 12.1 Å². The number of carboxylic acid groups (broad SMARTS) is 1. The molecule has 0 radical (unpaired) electrons. The largest absolute Gasteiger partial charge is 0.513 e. The normalized spacial score (nSPS) is 9.00. The van der Waals surface area contributed by atoms with Gasteiger partial charge in [0.15, 0.2) is 0 Å². The summed E-state index contributed by atoms with van der Waals surface area (Å²) in [7, 11) is 0. The molecule has 0 saturated heterocycles. The van der Waals surface area contributed by atoms with Crippen molar-refractivity contribution < 1.29 is 19.4 Å². The molecule has 0 bridgehead atoms. The summed E-state index contributed by atoms with van der Waals surface area (Å²) in [5.41, 5.74) is 0.111. The third-order valence-electron chi connectivity index (χ3n) is 1.08. The highest BCUT2D eigenvalue weighted by atomic mass is 16.7. The topological polar surface area (TPSA) is 76.5 Å². The van der Waals surface area contributed by atoms with Crippen LogP contribution in [0.1, 0.15) is 10.4 Å². The quantitative estimate of drug-likeness (QED) is 0.497. The molecule has 1 rings (SSSR count). The summed E-state index contributed by atoms with van der Waals surface area (Å²) in [6.07, 6.45) is 1.08. The van der Waals surface area contributed by atoms with Crippen LogP contribution in [0.4, 0.5) is 4.79 Å². The summed E-state index contributed by atoms with van der Waals surface area (Å²) in [5, 5.41) is 8.08. The molecule has 1 aromatic rings. The summed E-state index contributed by atoms with van der Waals surface area (Å²) in [4.78, 5) is 24.4. The van der Waals surface area contributed by atoms with E-state index in [1.807, 2.05) is 0 Å². The average Bonchev–Trinajstić information content (AvgIpc) is 2.05. The Bertz CT molecular complexity index is 296. The summed E-state index contributed by atoms with van der Waals surface area (Å²) in [6, 6.07) is 2.93. The van der Waals surface area contributed by atoms with Gasteiger partial charge < -0.3 is 9.84 Å². The average molecular weight is 167 g/mol. The number of nitrogens with zero attached hydrogens (tertiary/aromatic N) is 1. The highest BCUT2D eigenvalue weighted by Gasteiger charge is 2.10. The van der Waals surface area contributed by atoms with E-state index in [0.29, 0.717) is 0 Å². The lowest BCUT2D eigenvalue weighted by Crippen LogP contribution is -2.09. The van der Waals surface area contributed by atoms with E-state index in [9.17, 15) is 9.59 Å². The van der Waals surface area contributed by atoms with E-state index in [0.717, 1.165) is 0 Å². The molecule has 0 aliphatic heterocycles. The van der Waals surface area contributed by atoms with Crippen LogP contribution in [0, 0.1) is 0 Å². The highest BCUT2D eigenvalue weighted by molar-refractivity contribution is 5.94. The molecule has 5 heteroatoms. The minimum Gasteiger partial charge on any atom is -0.449 e. The van der Waals surface area contributed by atoms with E-state index < -0.39 is 12.1 Å². The second-order valence-corrected chi connectivity index (χ2v) is 1.90. The van der Waals surface area contributed by atoms with E-state index >= 15 is 0 Å². The Hall–Kier alpha value is -1.91. The van der Waals surface area contributed by atoms with Gasteiger partial charge in [-0.25, -0.2) is 9.59 Å². The zero-order chi connectivity index (χ0) is 8.97. The summed E-state index contributed by atoms with van der Waals surface area (Å²) in [6.45, 7) is 0. The van der Waals surface area contributed by atoms with Crippen LogP contribution in [0.3, 0.4) is 0 Å². The zero-order valence-corrected chi connectivity index (χ0v) is 5.93. The molecule has 0 spiro atoms. The maximum atomic E-state index is 10.8. The minimum atomic E-state index is -1.62. The van der Waals surface area contributed by atoms with Crippen molar-refractivity contribution >= 4 is 12.1 Å². The molecule has 0 atom stereocenters. The standard InChI is InChI=1S/C7H5NO4/c9-6(12-7(10)11)5-2-1-3-8-4-5/h1-4H,(H,10,11). The van der Waals surface area contributed by atoms with Crippen molar-refractivity contribution in [1.29, 1.82) is 0 Å². The van der Waals surface area contributed by atoms with Crippen LogP contribution in [0.5, 0.6) is 0 Å². The van der Waals surface area contributed by atoms with Crippen LogP contribution in [0.15, 0.2) is 24.5 Å². The molecule has 5 nitrogen and oxygen atoms in total. The monoisotopic (exact) mass is 167 g/mol. The fourth-order valence-electron chi connectivity index (χ4n) is 0.622. The molecule has 1 heterocycles. The summed E-state index contributed by atoms with van der Waals surface area (Å²) < 4.78 is 3.87. The number of pyridine rings is 1. The molecule has 0 saturated carbocycles. The van der Waals surface area contributed by atoms with Crippen LogP contribution in [0.25, 0.3) is 0 Å². The Morgan fingerprint density at radius 1 is 1.50 bits per heavy atom. The van der Waals surface area contributed by atoms with E-state index in [2.05, 4.69) is 9.72 Å². The molecule has 62 valence electrons. The van der Waals surface area contributed by atoms with Crippen molar-refractivity contribution in [3.05, 3.63) is 30.1 Å². The lowest BCUT2D eigenvalue weighted by Gasteiger charge is -1.95. The van der Waals surface area contributed by atoms with Gasteiger partial charge in [-0.3, -0.25) is 4.98 Å². The molecular weight excluding hydrogens is 162 g/mol. The van der Waals surface area contributed by atoms with Crippen LogP contribution in [0.2, 0.25) is 0 Å². The highest BCUT2D eigenvalue weighted by Crippen LogP contribution is 1.98. The number of rotatable bonds is 1. The Labute approximate surface area is 67.6 Å². The number of esters is 1. The molecule has 0 amide bonds. The summed E-state index contributed by atoms with van der Waals surface area (Å²) >= 11 is 0. The van der Waals surface area contributed by atoms with Crippen LogP contribution < -0.4 is 0 Å². The minimum absolute atomic E-state index is 0.111. The maximum absolute atomic E-state index is 10.8. The fraction of sp³-hybridized carbons (Fsp3) is 0. The van der Waals surface area contributed by atoms with E-state index in [1.165, 1.54) is 24.5 Å². The SMILES string of the molecule is O=C(O)OC(=O)c1cccnc1. The van der Waals surface area contributed by atoms with Gasteiger partial charge in [-0.15, -0.1) is 0 Å². The van der Waals surface area contributed by atoms with Gasteiger partial charge in [0, 0.05) is 12.4 Å².